The van der Waals surface area contributed by atoms with Crippen LogP contribution >= 0.6 is 0 Å². The van der Waals surface area contributed by atoms with Crippen molar-refractivity contribution in [1.29, 1.82) is 0 Å². The molecule has 2 aromatic carbocycles. The second kappa shape index (κ2) is 6.00. The topological polar surface area (TPSA) is 74.4 Å². The molecular formula is C17H18N4O2. The van der Waals surface area contributed by atoms with Crippen molar-refractivity contribution in [2.45, 2.75) is 6.42 Å². The molecule has 0 fully saturated rings. The van der Waals surface area contributed by atoms with Crippen molar-refractivity contribution in [2.75, 3.05) is 11.9 Å². The molecule has 0 unspecified atom stereocenters. The molecule has 1 heterocycles. The fourth-order valence-corrected chi connectivity index (χ4v) is 2.39. The third-order valence-electron chi connectivity index (χ3n) is 3.78. The molecule has 6 nitrogen and oxygen atoms in total. The van der Waals surface area contributed by atoms with E-state index in [1.54, 1.807) is 24.3 Å². The van der Waals surface area contributed by atoms with Crippen molar-refractivity contribution in [2.24, 2.45) is 7.05 Å². The quantitative estimate of drug-likeness (QED) is 0.775. The van der Waals surface area contributed by atoms with E-state index in [9.17, 15) is 10.2 Å². The zero-order chi connectivity index (χ0) is 16.4. The number of hydrogen-bond acceptors (Lipinski definition) is 5. The highest BCUT2D eigenvalue weighted by Gasteiger charge is 2.14. The fourth-order valence-electron chi connectivity index (χ4n) is 2.39. The molecule has 0 aliphatic carbocycles. The van der Waals surface area contributed by atoms with Crippen LogP contribution in [0.5, 0.6) is 11.5 Å². The summed E-state index contributed by atoms with van der Waals surface area (Å²) in [5.41, 5.74) is 1.96. The van der Waals surface area contributed by atoms with E-state index in [2.05, 4.69) is 10.2 Å². The van der Waals surface area contributed by atoms with Gasteiger partial charge >= 0.3 is 0 Å². The normalized spacial score (nSPS) is 10.7. The van der Waals surface area contributed by atoms with Gasteiger partial charge in [0.05, 0.1) is 0 Å². The van der Waals surface area contributed by atoms with Crippen LogP contribution in [0.1, 0.15) is 11.4 Å². The Labute approximate surface area is 134 Å². The molecule has 3 rings (SSSR count). The van der Waals surface area contributed by atoms with Gasteiger partial charge in [0.1, 0.15) is 17.3 Å². The van der Waals surface area contributed by atoms with Gasteiger partial charge in [-0.2, -0.15) is 0 Å². The number of phenols is 2. The zero-order valence-corrected chi connectivity index (χ0v) is 13.0. The fraction of sp³-hybridized carbons (Fsp3) is 0.176. The maximum Gasteiger partial charge on any atom is 0.231 e. The summed E-state index contributed by atoms with van der Waals surface area (Å²) < 4.78 is 1.93. The van der Waals surface area contributed by atoms with Crippen molar-refractivity contribution < 1.29 is 10.2 Å². The lowest BCUT2D eigenvalue weighted by Crippen LogP contribution is -2.15. The predicted octanol–water partition coefficient (Wildman–Crippen LogP) is 2.58. The lowest BCUT2D eigenvalue weighted by molar-refractivity contribution is 0.474. The molecule has 0 spiro atoms. The van der Waals surface area contributed by atoms with Gasteiger partial charge in [0, 0.05) is 26.2 Å². The van der Waals surface area contributed by atoms with Crippen LogP contribution in [-0.4, -0.2) is 32.0 Å². The molecular weight excluding hydrogens is 292 g/mol. The number of rotatable bonds is 4. The van der Waals surface area contributed by atoms with Crippen molar-refractivity contribution in [3.8, 4) is 11.5 Å². The number of nitrogens with zero attached hydrogens (tertiary/aromatic N) is 4. The van der Waals surface area contributed by atoms with Crippen molar-refractivity contribution >= 4 is 11.6 Å². The van der Waals surface area contributed by atoms with E-state index in [-0.39, 0.29) is 11.5 Å². The molecule has 6 heteroatoms. The van der Waals surface area contributed by atoms with Crippen LogP contribution < -0.4 is 4.90 Å². The van der Waals surface area contributed by atoms with E-state index in [4.69, 9.17) is 0 Å². The molecule has 3 aromatic rings. The van der Waals surface area contributed by atoms with Crippen molar-refractivity contribution in [1.82, 2.24) is 14.8 Å². The summed E-state index contributed by atoms with van der Waals surface area (Å²) in [7, 11) is 3.82. The molecule has 118 valence electrons. The number of hydrogen-bond donors (Lipinski definition) is 2. The summed E-state index contributed by atoms with van der Waals surface area (Å²) in [4.78, 5) is 1.91. The van der Waals surface area contributed by atoms with Gasteiger partial charge in [0.2, 0.25) is 5.95 Å². The van der Waals surface area contributed by atoms with E-state index < -0.39 is 0 Å². The first-order chi connectivity index (χ1) is 11.0. The third kappa shape index (κ3) is 3.11. The van der Waals surface area contributed by atoms with E-state index in [0.29, 0.717) is 12.4 Å². The van der Waals surface area contributed by atoms with Crippen molar-refractivity contribution in [3.05, 3.63) is 59.9 Å². The van der Waals surface area contributed by atoms with Crippen LogP contribution in [0.3, 0.4) is 0 Å². The molecule has 0 saturated heterocycles. The van der Waals surface area contributed by atoms with Crippen LogP contribution in [0.2, 0.25) is 0 Å². The second-order valence-electron chi connectivity index (χ2n) is 5.39. The van der Waals surface area contributed by atoms with E-state index in [1.165, 1.54) is 0 Å². The first kappa shape index (κ1) is 14.9. The van der Waals surface area contributed by atoms with Gasteiger partial charge < -0.3 is 15.1 Å². The summed E-state index contributed by atoms with van der Waals surface area (Å²) in [6.45, 7) is 0. The maximum absolute atomic E-state index is 9.38. The second-order valence-corrected chi connectivity index (χ2v) is 5.39. The minimum Gasteiger partial charge on any atom is -0.508 e. The number of aromatic nitrogens is 3. The van der Waals surface area contributed by atoms with Crippen LogP contribution in [0.4, 0.5) is 11.6 Å². The third-order valence-corrected chi connectivity index (χ3v) is 3.78. The Morgan fingerprint density at radius 2 is 1.48 bits per heavy atom. The first-order valence-electron chi connectivity index (χ1n) is 7.23. The Kier molecular flexibility index (Phi) is 3.89. The average Bonchev–Trinajstić information content (AvgIpc) is 2.90. The monoisotopic (exact) mass is 310 g/mol. The van der Waals surface area contributed by atoms with Crippen LogP contribution in [-0.2, 0) is 13.5 Å². The lowest BCUT2D eigenvalue weighted by atomic mass is 10.1. The standard InChI is InChI=1S/C17H18N4O2/c1-20(13-5-9-15(23)10-6-13)17-19-18-16(21(17)2)11-12-3-7-14(22)8-4-12/h3-10,22-23H,11H2,1-2H3. The molecule has 1 aromatic heterocycles. The Morgan fingerprint density at radius 3 is 2.09 bits per heavy atom. The Balaban J connectivity index is 1.83. The van der Waals surface area contributed by atoms with E-state index in [1.807, 2.05) is 47.8 Å². The summed E-state index contributed by atoms with van der Waals surface area (Å²) in [5, 5.41) is 27.2. The van der Waals surface area contributed by atoms with Crippen LogP contribution in [0.25, 0.3) is 0 Å². The summed E-state index contributed by atoms with van der Waals surface area (Å²) in [6.07, 6.45) is 0.632. The predicted molar refractivity (Wildman–Crippen MR) is 88.1 cm³/mol. The van der Waals surface area contributed by atoms with Gasteiger partial charge in [-0.1, -0.05) is 12.1 Å². The highest BCUT2D eigenvalue weighted by molar-refractivity contribution is 5.57. The van der Waals surface area contributed by atoms with Crippen molar-refractivity contribution in [3.63, 3.8) is 0 Å². The highest BCUT2D eigenvalue weighted by Crippen LogP contribution is 2.24. The van der Waals surface area contributed by atoms with Gasteiger partial charge in [-0.3, -0.25) is 4.57 Å². The van der Waals surface area contributed by atoms with Gasteiger partial charge in [0.25, 0.3) is 0 Å². The molecule has 0 aliphatic heterocycles. The largest absolute Gasteiger partial charge is 0.508 e. The Morgan fingerprint density at radius 1 is 0.913 bits per heavy atom. The molecule has 0 aliphatic rings. The number of benzene rings is 2. The van der Waals surface area contributed by atoms with Crippen LogP contribution in [0, 0.1) is 0 Å². The molecule has 2 N–H and O–H groups in total. The van der Waals surface area contributed by atoms with E-state index >= 15 is 0 Å². The summed E-state index contributed by atoms with van der Waals surface area (Å²) in [5.74, 6) is 2.02. The molecule has 0 radical (unpaired) electrons. The Bertz CT molecular complexity index is 794. The molecule has 0 bridgehead atoms. The summed E-state index contributed by atoms with van der Waals surface area (Å²) >= 11 is 0. The molecule has 0 amide bonds. The minimum absolute atomic E-state index is 0.230. The number of anilines is 2. The smallest absolute Gasteiger partial charge is 0.231 e. The minimum atomic E-state index is 0.230. The van der Waals surface area contributed by atoms with Gasteiger partial charge in [-0.15, -0.1) is 10.2 Å². The van der Waals surface area contributed by atoms with Crippen LogP contribution in [0.15, 0.2) is 48.5 Å². The SMILES string of the molecule is CN(c1ccc(O)cc1)c1nnc(Cc2ccc(O)cc2)n1C. The molecule has 23 heavy (non-hydrogen) atoms. The molecule has 0 atom stereocenters. The maximum atomic E-state index is 9.38. The zero-order valence-electron chi connectivity index (χ0n) is 13.0. The molecule has 0 saturated carbocycles. The number of aromatic hydroxyl groups is 2. The van der Waals surface area contributed by atoms with Gasteiger partial charge in [0.15, 0.2) is 0 Å². The summed E-state index contributed by atoms with van der Waals surface area (Å²) in [6, 6.07) is 14.0. The first-order valence-corrected chi connectivity index (χ1v) is 7.23. The Hall–Kier alpha value is -3.02. The van der Waals surface area contributed by atoms with Gasteiger partial charge in [-0.05, 0) is 42.0 Å². The number of phenolic OH excluding ortho intramolecular Hbond substituents is 2. The highest BCUT2D eigenvalue weighted by atomic mass is 16.3. The van der Waals surface area contributed by atoms with Gasteiger partial charge in [-0.25, -0.2) is 0 Å². The average molecular weight is 310 g/mol. The lowest BCUT2D eigenvalue weighted by Gasteiger charge is -2.18. The van der Waals surface area contributed by atoms with E-state index in [0.717, 1.165) is 17.1 Å².